The number of hydrogen-bond donors (Lipinski definition) is 1. The summed E-state index contributed by atoms with van der Waals surface area (Å²) in [6.07, 6.45) is 0.846. The number of aliphatic carboxylic acids is 1. The highest BCUT2D eigenvalue weighted by atomic mass is 32.2. The first-order valence-corrected chi connectivity index (χ1v) is 7.62. The second kappa shape index (κ2) is 7.14. The van der Waals surface area contributed by atoms with Gasteiger partial charge in [0.05, 0.1) is 12.3 Å². The quantitative estimate of drug-likeness (QED) is 0.840. The molecule has 0 aromatic carbocycles. The summed E-state index contributed by atoms with van der Waals surface area (Å²) < 4.78 is 0.0941. The molecule has 0 bridgehead atoms. The van der Waals surface area contributed by atoms with Gasteiger partial charge < -0.3 is 10.0 Å². The molecule has 1 aliphatic rings. The molecule has 0 aromatic rings. The Morgan fingerprint density at radius 1 is 1.16 bits per heavy atom. The Kier molecular flexibility index (Phi) is 6.13. The number of amides is 1. The van der Waals surface area contributed by atoms with E-state index < -0.39 is 5.97 Å². The van der Waals surface area contributed by atoms with Gasteiger partial charge in [0, 0.05) is 30.9 Å². The Labute approximate surface area is 119 Å². The smallest absolute Gasteiger partial charge is 0.317 e. The van der Waals surface area contributed by atoms with Crippen molar-refractivity contribution in [1.82, 2.24) is 9.80 Å². The zero-order valence-electron chi connectivity index (χ0n) is 12.0. The second-order valence-corrected chi connectivity index (χ2v) is 7.61. The predicted octanol–water partition coefficient (Wildman–Crippen LogP) is 1.14. The second-order valence-electron chi connectivity index (χ2n) is 5.81. The molecule has 1 fully saturated rings. The SMILES string of the molecule is CC(C)(C)SCC(=O)N1CCCN(CC(=O)O)CC1. The highest BCUT2D eigenvalue weighted by molar-refractivity contribution is 8.01. The van der Waals surface area contributed by atoms with E-state index in [4.69, 9.17) is 5.11 Å². The molecule has 19 heavy (non-hydrogen) atoms. The van der Waals surface area contributed by atoms with Gasteiger partial charge in [-0.1, -0.05) is 20.8 Å². The predicted molar refractivity (Wildman–Crippen MR) is 77.5 cm³/mol. The summed E-state index contributed by atoms with van der Waals surface area (Å²) in [5, 5.41) is 8.78. The molecule has 0 aromatic heterocycles. The number of carboxylic acids is 1. The number of hydrogen-bond acceptors (Lipinski definition) is 4. The summed E-state index contributed by atoms with van der Waals surface area (Å²) in [7, 11) is 0. The molecule has 1 amide bonds. The minimum atomic E-state index is -0.803. The normalized spacial score (nSPS) is 18.2. The van der Waals surface area contributed by atoms with Gasteiger partial charge in [-0.2, -0.15) is 0 Å². The average Bonchev–Trinajstić information content (AvgIpc) is 2.50. The first-order valence-electron chi connectivity index (χ1n) is 6.64. The number of carbonyl (C=O) groups is 2. The Morgan fingerprint density at radius 3 is 2.42 bits per heavy atom. The van der Waals surface area contributed by atoms with Crippen LogP contribution in [0.25, 0.3) is 0 Å². The van der Waals surface area contributed by atoms with Gasteiger partial charge >= 0.3 is 5.97 Å². The van der Waals surface area contributed by atoms with Crippen LogP contribution in [0.4, 0.5) is 0 Å². The molecule has 1 aliphatic heterocycles. The van der Waals surface area contributed by atoms with Crippen molar-refractivity contribution in [2.45, 2.75) is 31.9 Å². The Balaban J connectivity index is 2.39. The highest BCUT2D eigenvalue weighted by Crippen LogP contribution is 2.23. The maximum atomic E-state index is 12.1. The van der Waals surface area contributed by atoms with Gasteiger partial charge in [-0.05, 0) is 6.42 Å². The molecule has 0 aliphatic carbocycles. The van der Waals surface area contributed by atoms with Crippen molar-refractivity contribution in [3.63, 3.8) is 0 Å². The first kappa shape index (κ1) is 16.3. The van der Waals surface area contributed by atoms with Crippen LogP contribution in [0.15, 0.2) is 0 Å². The number of carbonyl (C=O) groups excluding carboxylic acids is 1. The molecule has 5 nitrogen and oxygen atoms in total. The molecule has 0 unspecified atom stereocenters. The van der Waals surface area contributed by atoms with Crippen molar-refractivity contribution >= 4 is 23.6 Å². The molecular formula is C13H24N2O3S. The number of nitrogens with zero attached hydrogens (tertiary/aromatic N) is 2. The molecule has 1 heterocycles. The lowest BCUT2D eigenvalue weighted by Crippen LogP contribution is -2.37. The summed E-state index contributed by atoms with van der Waals surface area (Å²) in [6, 6.07) is 0. The van der Waals surface area contributed by atoms with E-state index in [1.54, 1.807) is 11.8 Å². The van der Waals surface area contributed by atoms with Crippen LogP contribution in [0, 0.1) is 0 Å². The first-order chi connectivity index (χ1) is 8.78. The van der Waals surface area contributed by atoms with Crippen molar-refractivity contribution < 1.29 is 14.7 Å². The molecule has 6 heteroatoms. The van der Waals surface area contributed by atoms with Gasteiger partial charge in [-0.3, -0.25) is 14.5 Å². The fourth-order valence-electron chi connectivity index (χ4n) is 1.94. The summed E-state index contributed by atoms with van der Waals surface area (Å²) in [6.45, 7) is 9.14. The summed E-state index contributed by atoms with van der Waals surface area (Å²) in [5.74, 6) is -0.136. The number of carboxylic acid groups (broad SMARTS) is 1. The molecular weight excluding hydrogens is 264 g/mol. The van der Waals surface area contributed by atoms with Crippen molar-refractivity contribution in [3.8, 4) is 0 Å². The van der Waals surface area contributed by atoms with E-state index in [-0.39, 0.29) is 17.2 Å². The third-order valence-electron chi connectivity index (χ3n) is 2.93. The molecule has 1 N–H and O–H groups in total. The number of thioether (sulfide) groups is 1. The van der Waals surface area contributed by atoms with Crippen molar-refractivity contribution in [3.05, 3.63) is 0 Å². The lowest BCUT2D eigenvalue weighted by atomic mass is 10.3. The van der Waals surface area contributed by atoms with Gasteiger partial charge in [0.15, 0.2) is 0 Å². The molecule has 110 valence electrons. The molecule has 0 radical (unpaired) electrons. The topological polar surface area (TPSA) is 60.9 Å². The van der Waals surface area contributed by atoms with Gasteiger partial charge in [0.1, 0.15) is 0 Å². The van der Waals surface area contributed by atoms with Crippen LogP contribution in [0.3, 0.4) is 0 Å². The summed E-state index contributed by atoms with van der Waals surface area (Å²) in [4.78, 5) is 26.5. The zero-order valence-corrected chi connectivity index (χ0v) is 12.8. The third-order valence-corrected chi connectivity index (χ3v) is 4.19. The van der Waals surface area contributed by atoms with Crippen molar-refractivity contribution in [2.24, 2.45) is 0 Å². The van der Waals surface area contributed by atoms with Gasteiger partial charge in [0.25, 0.3) is 0 Å². The average molecular weight is 288 g/mol. The summed E-state index contributed by atoms with van der Waals surface area (Å²) >= 11 is 1.65. The Hall–Kier alpha value is -0.750. The van der Waals surface area contributed by atoms with E-state index in [9.17, 15) is 9.59 Å². The van der Waals surface area contributed by atoms with E-state index in [0.717, 1.165) is 19.5 Å². The minimum Gasteiger partial charge on any atom is -0.480 e. The molecule has 0 atom stereocenters. The van der Waals surface area contributed by atoms with Crippen LogP contribution in [-0.4, -0.2) is 70.0 Å². The molecule has 0 saturated carbocycles. The van der Waals surface area contributed by atoms with Crippen molar-refractivity contribution in [2.75, 3.05) is 38.5 Å². The van der Waals surface area contributed by atoms with E-state index in [0.29, 0.717) is 18.8 Å². The van der Waals surface area contributed by atoms with E-state index in [2.05, 4.69) is 20.8 Å². The Morgan fingerprint density at radius 2 is 1.84 bits per heavy atom. The van der Waals surface area contributed by atoms with E-state index >= 15 is 0 Å². The monoisotopic (exact) mass is 288 g/mol. The van der Waals surface area contributed by atoms with E-state index in [1.165, 1.54) is 0 Å². The van der Waals surface area contributed by atoms with Crippen LogP contribution < -0.4 is 0 Å². The van der Waals surface area contributed by atoms with Crippen LogP contribution in [0.2, 0.25) is 0 Å². The zero-order chi connectivity index (χ0) is 14.5. The van der Waals surface area contributed by atoms with Crippen LogP contribution >= 0.6 is 11.8 Å². The van der Waals surface area contributed by atoms with Gasteiger partial charge in [-0.25, -0.2) is 0 Å². The van der Waals surface area contributed by atoms with Crippen molar-refractivity contribution in [1.29, 1.82) is 0 Å². The maximum absolute atomic E-state index is 12.1. The fraction of sp³-hybridized carbons (Fsp3) is 0.846. The third kappa shape index (κ3) is 6.82. The Bertz CT molecular complexity index is 328. The molecule has 1 rings (SSSR count). The maximum Gasteiger partial charge on any atom is 0.317 e. The molecule has 1 saturated heterocycles. The lowest BCUT2D eigenvalue weighted by molar-refractivity contribution is -0.138. The van der Waals surface area contributed by atoms with Crippen LogP contribution in [-0.2, 0) is 9.59 Å². The fourth-order valence-corrected chi connectivity index (χ4v) is 2.68. The lowest BCUT2D eigenvalue weighted by Gasteiger charge is -2.23. The standard InChI is InChI=1S/C13H24N2O3S/c1-13(2,3)19-10-11(16)15-6-4-5-14(7-8-15)9-12(17)18/h4-10H2,1-3H3,(H,17,18). The largest absolute Gasteiger partial charge is 0.480 e. The molecule has 0 spiro atoms. The summed E-state index contributed by atoms with van der Waals surface area (Å²) in [5.41, 5.74) is 0. The van der Waals surface area contributed by atoms with Crippen LogP contribution in [0.5, 0.6) is 0 Å². The van der Waals surface area contributed by atoms with Gasteiger partial charge in [-0.15, -0.1) is 11.8 Å². The van der Waals surface area contributed by atoms with E-state index in [1.807, 2.05) is 9.80 Å². The van der Waals surface area contributed by atoms with Gasteiger partial charge in [0.2, 0.25) is 5.91 Å². The highest BCUT2D eigenvalue weighted by Gasteiger charge is 2.21. The minimum absolute atomic E-state index is 0.0682. The number of rotatable bonds is 4. The van der Waals surface area contributed by atoms with Crippen LogP contribution in [0.1, 0.15) is 27.2 Å².